The van der Waals surface area contributed by atoms with Gasteiger partial charge in [-0.15, -0.1) is 0 Å². The van der Waals surface area contributed by atoms with Crippen molar-refractivity contribution in [3.63, 3.8) is 0 Å². The maximum absolute atomic E-state index is 9.63. The summed E-state index contributed by atoms with van der Waals surface area (Å²) in [5.74, 6) is 0. The Labute approximate surface area is 123 Å². The molecule has 4 saturated heterocycles. The average Bonchev–Trinajstić information content (AvgIpc) is 3.21. The third-order valence-corrected chi connectivity index (χ3v) is 2.91. The van der Waals surface area contributed by atoms with Crippen LogP contribution in [0.15, 0.2) is 0 Å². The van der Waals surface area contributed by atoms with Crippen LogP contribution in [-0.4, -0.2) is 71.9 Å². The van der Waals surface area contributed by atoms with Crippen molar-refractivity contribution in [1.82, 2.24) is 21.3 Å². The van der Waals surface area contributed by atoms with Crippen LogP contribution >= 0.6 is 15.6 Å². The van der Waals surface area contributed by atoms with Gasteiger partial charge in [-0.1, -0.05) is 0 Å². The predicted molar refractivity (Wildman–Crippen MR) is 76.7 cm³/mol. The van der Waals surface area contributed by atoms with Crippen molar-refractivity contribution < 1.29 is 33.0 Å². The molecule has 13 heteroatoms. The fourth-order valence-corrected chi connectivity index (χ4v) is 1.25. The van der Waals surface area contributed by atoms with E-state index in [1.807, 2.05) is 0 Å². The summed E-state index contributed by atoms with van der Waals surface area (Å²) in [4.78, 5) is 31.0. The molecule has 4 aliphatic heterocycles. The van der Waals surface area contributed by atoms with Crippen LogP contribution in [0.1, 0.15) is 0 Å². The van der Waals surface area contributed by atoms with Crippen LogP contribution in [0.2, 0.25) is 0 Å². The van der Waals surface area contributed by atoms with Crippen LogP contribution in [0.25, 0.3) is 0 Å². The standard InChI is InChI=1S/4C2H5N.H4O7P2/c4*1-2-3-1;1-8(2,3)7-9(4,5)6/h4*3H,1-2H2;(H2,1,2,3)(H2,4,5,6). The molecule has 0 radical (unpaired) electrons. The maximum Gasteiger partial charge on any atom is 0.478 e. The van der Waals surface area contributed by atoms with Crippen LogP contribution in [0, 0.1) is 0 Å². The van der Waals surface area contributed by atoms with E-state index in [4.69, 9.17) is 19.6 Å². The molecule has 4 rings (SSSR count). The quantitative estimate of drug-likeness (QED) is 0.193. The Hall–Kier alpha value is 0.100. The van der Waals surface area contributed by atoms with Crippen LogP contribution in [0.5, 0.6) is 0 Å². The Morgan fingerprint density at radius 3 is 0.714 bits per heavy atom. The van der Waals surface area contributed by atoms with E-state index in [1.165, 1.54) is 52.4 Å². The molecule has 4 heterocycles. The second-order valence-corrected chi connectivity index (χ2v) is 6.68. The molecular formula is C8H24N4O7P2. The van der Waals surface area contributed by atoms with Crippen molar-refractivity contribution >= 4 is 15.6 Å². The number of hydrogen-bond donors (Lipinski definition) is 8. The molecule has 4 fully saturated rings. The number of phosphoric acid groups is 2. The lowest BCUT2D eigenvalue weighted by Gasteiger charge is -2.03. The molecule has 0 bridgehead atoms. The fraction of sp³-hybridized carbons (Fsp3) is 1.00. The van der Waals surface area contributed by atoms with Gasteiger partial charge in [0.1, 0.15) is 0 Å². The molecule has 0 aromatic heterocycles. The van der Waals surface area contributed by atoms with Gasteiger partial charge in [-0.2, -0.15) is 4.31 Å². The molecule has 8 N–H and O–H groups in total. The van der Waals surface area contributed by atoms with Gasteiger partial charge in [0.15, 0.2) is 0 Å². The van der Waals surface area contributed by atoms with Gasteiger partial charge in [0.05, 0.1) is 0 Å². The molecular weight excluding hydrogens is 326 g/mol. The Morgan fingerprint density at radius 2 is 0.714 bits per heavy atom. The first kappa shape index (κ1) is 21.1. The molecule has 21 heavy (non-hydrogen) atoms. The molecule has 0 aliphatic carbocycles. The number of rotatable bonds is 2. The highest BCUT2D eigenvalue weighted by Crippen LogP contribution is 2.53. The summed E-state index contributed by atoms with van der Waals surface area (Å²) >= 11 is 0. The van der Waals surface area contributed by atoms with E-state index < -0.39 is 15.6 Å². The first-order valence-electron chi connectivity index (χ1n) is 6.36. The van der Waals surface area contributed by atoms with Crippen LogP contribution < -0.4 is 21.3 Å². The first-order chi connectivity index (χ1) is 9.71. The van der Waals surface area contributed by atoms with Crippen molar-refractivity contribution in [1.29, 1.82) is 0 Å². The van der Waals surface area contributed by atoms with Crippen molar-refractivity contribution in [3.8, 4) is 0 Å². The highest BCUT2D eigenvalue weighted by molar-refractivity contribution is 7.60. The topological polar surface area (TPSA) is 212 Å². The highest BCUT2D eigenvalue weighted by Gasteiger charge is 2.27. The molecule has 0 spiro atoms. The summed E-state index contributed by atoms with van der Waals surface area (Å²) in [6.07, 6.45) is 0. The minimum absolute atomic E-state index is 1.25. The van der Waals surface area contributed by atoms with E-state index in [0.717, 1.165) is 0 Å². The molecule has 4 aliphatic rings. The van der Waals surface area contributed by atoms with E-state index in [1.54, 1.807) is 0 Å². The van der Waals surface area contributed by atoms with Gasteiger partial charge >= 0.3 is 15.6 Å². The van der Waals surface area contributed by atoms with Gasteiger partial charge in [0.2, 0.25) is 0 Å². The molecule has 0 aromatic carbocycles. The lowest BCUT2D eigenvalue weighted by molar-refractivity contribution is 0.225. The maximum atomic E-state index is 9.63. The van der Waals surface area contributed by atoms with E-state index in [-0.39, 0.29) is 0 Å². The van der Waals surface area contributed by atoms with Crippen LogP contribution in [-0.2, 0) is 13.4 Å². The lowest BCUT2D eigenvalue weighted by atomic mass is 11.0. The smallest absolute Gasteiger partial charge is 0.314 e. The van der Waals surface area contributed by atoms with Gasteiger partial charge in [0.25, 0.3) is 0 Å². The fourth-order valence-electron chi connectivity index (χ4n) is 0.139. The third-order valence-electron chi connectivity index (χ3n) is 1.21. The van der Waals surface area contributed by atoms with E-state index in [0.29, 0.717) is 0 Å². The summed E-state index contributed by atoms with van der Waals surface area (Å²) in [5, 5.41) is 12.0. The normalized spacial score (nSPS) is 19.6. The van der Waals surface area contributed by atoms with Gasteiger partial charge < -0.3 is 40.8 Å². The van der Waals surface area contributed by atoms with Crippen molar-refractivity contribution in [2.75, 3.05) is 52.4 Å². The minimum Gasteiger partial charge on any atom is -0.314 e. The largest absolute Gasteiger partial charge is 0.478 e. The number of nitrogens with one attached hydrogen (secondary N) is 4. The van der Waals surface area contributed by atoms with Crippen molar-refractivity contribution in [2.45, 2.75) is 0 Å². The van der Waals surface area contributed by atoms with Gasteiger partial charge in [0, 0.05) is 52.4 Å². The van der Waals surface area contributed by atoms with Crippen molar-refractivity contribution in [3.05, 3.63) is 0 Å². The molecule has 11 nitrogen and oxygen atoms in total. The summed E-state index contributed by atoms with van der Waals surface area (Å²) in [7, 11) is -10.1. The summed E-state index contributed by atoms with van der Waals surface area (Å²) in [6, 6.07) is 0. The Kier molecular flexibility index (Phi) is 11.7. The van der Waals surface area contributed by atoms with E-state index in [9.17, 15) is 9.13 Å². The Balaban J connectivity index is 0.000000267. The summed E-state index contributed by atoms with van der Waals surface area (Å²) in [6.45, 7) is 10.0. The first-order valence-corrected chi connectivity index (χ1v) is 9.42. The predicted octanol–water partition coefficient (Wildman–Crippen LogP) is -2.45. The van der Waals surface area contributed by atoms with Crippen LogP contribution in [0.4, 0.5) is 0 Å². The molecule has 0 saturated carbocycles. The second-order valence-electron chi connectivity index (χ2n) is 4.06. The zero-order valence-corrected chi connectivity index (χ0v) is 13.4. The van der Waals surface area contributed by atoms with E-state index in [2.05, 4.69) is 25.6 Å². The molecule has 0 unspecified atom stereocenters. The Bertz CT molecular complexity index is 284. The molecule has 0 atom stereocenters. The second kappa shape index (κ2) is 11.6. The lowest BCUT2D eigenvalue weighted by Crippen LogP contribution is -1.84. The third kappa shape index (κ3) is 64.6. The van der Waals surface area contributed by atoms with Gasteiger partial charge in [-0.3, -0.25) is 0 Å². The zero-order chi connectivity index (χ0) is 16.2. The number of hydrogen-bond acceptors (Lipinski definition) is 7. The van der Waals surface area contributed by atoms with Gasteiger partial charge in [-0.05, 0) is 0 Å². The Morgan fingerprint density at radius 1 is 0.571 bits per heavy atom. The molecule has 128 valence electrons. The van der Waals surface area contributed by atoms with Crippen molar-refractivity contribution in [2.24, 2.45) is 0 Å². The minimum atomic E-state index is -5.05. The summed E-state index contributed by atoms with van der Waals surface area (Å²) < 4.78 is 22.2. The summed E-state index contributed by atoms with van der Waals surface area (Å²) in [5.41, 5.74) is 0. The molecule has 0 aromatic rings. The monoisotopic (exact) mass is 350 g/mol. The zero-order valence-electron chi connectivity index (χ0n) is 11.6. The van der Waals surface area contributed by atoms with Gasteiger partial charge in [-0.25, -0.2) is 9.13 Å². The van der Waals surface area contributed by atoms with E-state index >= 15 is 0 Å². The highest BCUT2D eigenvalue weighted by atomic mass is 31.3. The van der Waals surface area contributed by atoms with Crippen LogP contribution in [0.3, 0.4) is 0 Å². The SMILES string of the molecule is C1CN1.C1CN1.C1CN1.C1CN1.O=P(O)(O)OP(=O)(O)O. The average molecular weight is 350 g/mol. The molecule has 0 amide bonds.